The summed E-state index contributed by atoms with van der Waals surface area (Å²) in [4.78, 5) is 51.6. The molecule has 13 nitrogen and oxygen atoms in total. The second kappa shape index (κ2) is 14.2. The van der Waals surface area contributed by atoms with Crippen molar-refractivity contribution in [1.82, 2.24) is 39.3 Å². The van der Waals surface area contributed by atoms with Crippen molar-refractivity contribution in [3.05, 3.63) is 82.3 Å². The lowest BCUT2D eigenvalue weighted by Gasteiger charge is -2.29. The number of H-pyrrole nitrogens is 2. The molecule has 3 fully saturated rings. The van der Waals surface area contributed by atoms with E-state index in [9.17, 15) is 9.59 Å². The van der Waals surface area contributed by atoms with Crippen molar-refractivity contribution in [2.75, 3.05) is 13.1 Å². The first kappa shape index (κ1) is 38.5. The summed E-state index contributed by atoms with van der Waals surface area (Å²) in [6.45, 7) is 12.4. The first-order valence-electron chi connectivity index (χ1n) is 20.9. The van der Waals surface area contributed by atoms with E-state index in [0.29, 0.717) is 53.1 Å². The summed E-state index contributed by atoms with van der Waals surface area (Å²) in [5.74, 6) is 1.82. The van der Waals surface area contributed by atoms with Crippen molar-refractivity contribution in [2.45, 2.75) is 115 Å². The van der Waals surface area contributed by atoms with Gasteiger partial charge in [-0.25, -0.2) is 28.9 Å². The van der Waals surface area contributed by atoms with Crippen LogP contribution in [-0.4, -0.2) is 75.8 Å². The zero-order valence-corrected chi connectivity index (χ0v) is 35.5. The van der Waals surface area contributed by atoms with E-state index in [1.54, 1.807) is 33.5 Å². The predicted octanol–water partition coefficient (Wildman–Crippen LogP) is 10.6. The maximum Gasteiger partial charge on any atom is 0.410 e. The highest BCUT2D eigenvalue weighted by molar-refractivity contribution is 7.11. The van der Waals surface area contributed by atoms with Crippen LogP contribution in [0, 0.1) is 5.82 Å². The molecular weight excluding hydrogens is 784 g/mol. The minimum Gasteiger partial charge on any atom is -0.464 e. The van der Waals surface area contributed by atoms with E-state index >= 15 is 4.39 Å². The number of ether oxygens (including phenoxy) is 3. The molecule has 15 heteroatoms. The van der Waals surface area contributed by atoms with Crippen LogP contribution in [0.25, 0.3) is 44.7 Å². The number of imidazole rings is 2. The number of halogens is 1. The van der Waals surface area contributed by atoms with Crippen molar-refractivity contribution in [2.24, 2.45) is 0 Å². The van der Waals surface area contributed by atoms with E-state index in [0.717, 1.165) is 76.4 Å². The lowest BCUT2D eigenvalue weighted by molar-refractivity contribution is 0.0208. The zero-order chi connectivity index (χ0) is 41.7. The van der Waals surface area contributed by atoms with Crippen molar-refractivity contribution in [3.8, 4) is 39.5 Å². The van der Waals surface area contributed by atoms with Gasteiger partial charge >= 0.3 is 12.2 Å². The number of thiazole rings is 1. The standard InChI is InChI=1S/C45H49FN8O5S/c1-44(2,3)58-42(55)52-15-7-9-32(52)38-47-21-29(50-38)25-13-14-31-27(17-25)19-34-37-28(46)18-26(20-35(37)57-41(54(31)34)36-23-49-40(60-36)24-11-12-24)30-22-48-39(51-30)33-10-8-16-53(33)43(56)59-45(4,5)6/h13-14,17-24,32-33,41H,7-12,15-16H2,1-6H3,(H,47,50)(H,48,51)/t32-,33?,41-/m0/s1. The number of nitrogens with one attached hydrogen (secondary N) is 2. The molecule has 6 aromatic rings. The maximum atomic E-state index is 16.7. The van der Waals surface area contributed by atoms with Crippen LogP contribution in [0.3, 0.4) is 0 Å². The van der Waals surface area contributed by atoms with E-state index in [1.807, 2.05) is 72.0 Å². The Bertz CT molecular complexity index is 2640. The van der Waals surface area contributed by atoms with Crippen molar-refractivity contribution in [3.63, 3.8) is 0 Å². The monoisotopic (exact) mass is 832 g/mol. The molecule has 60 heavy (non-hydrogen) atoms. The Labute approximate surface area is 351 Å². The third-order valence-electron chi connectivity index (χ3n) is 11.5. The molecule has 312 valence electrons. The van der Waals surface area contributed by atoms with E-state index in [-0.39, 0.29) is 24.3 Å². The van der Waals surface area contributed by atoms with Crippen molar-refractivity contribution >= 4 is 34.4 Å². The molecule has 7 heterocycles. The summed E-state index contributed by atoms with van der Waals surface area (Å²) in [6, 6.07) is 11.1. The third kappa shape index (κ3) is 7.09. The van der Waals surface area contributed by atoms with Gasteiger partial charge in [-0.15, -0.1) is 11.3 Å². The number of aromatic amines is 2. The number of fused-ring (bicyclic) bond motifs is 5. The fourth-order valence-electron chi connectivity index (χ4n) is 8.71. The quantitative estimate of drug-likeness (QED) is 0.169. The summed E-state index contributed by atoms with van der Waals surface area (Å²) in [5.41, 5.74) is 3.70. The highest BCUT2D eigenvalue weighted by Crippen LogP contribution is 2.50. The highest BCUT2D eigenvalue weighted by atomic mass is 32.1. The molecular formula is C45H49FN8O5S. The van der Waals surface area contributed by atoms with Crippen LogP contribution in [-0.2, 0) is 9.47 Å². The molecule has 1 saturated carbocycles. The molecule has 3 aliphatic heterocycles. The number of aromatic nitrogens is 6. The molecule has 0 spiro atoms. The van der Waals surface area contributed by atoms with E-state index < -0.39 is 23.2 Å². The van der Waals surface area contributed by atoms with Gasteiger partial charge in [0.15, 0.2) is 0 Å². The van der Waals surface area contributed by atoms with Gasteiger partial charge in [0.2, 0.25) is 6.23 Å². The second-order valence-electron chi connectivity index (χ2n) is 18.4. The van der Waals surface area contributed by atoms with Crippen LogP contribution in [0.15, 0.2) is 55.0 Å². The summed E-state index contributed by atoms with van der Waals surface area (Å²) >= 11 is 1.65. The van der Waals surface area contributed by atoms with Crippen LogP contribution in [0.2, 0.25) is 0 Å². The first-order valence-corrected chi connectivity index (χ1v) is 21.7. The Hall–Kier alpha value is -5.70. The molecule has 4 aliphatic rings. The fraction of sp³-hybridized carbons (Fsp3) is 0.444. The molecule has 2 saturated heterocycles. The van der Waals surface area contributed by atoms with Crippen LogP contribution >= 0.6 is 11.3 Å². The maximum absolute atomic E-state index is 16.7. The first-order chi connectivity index (χ1) is 28.7. The summed E-state index contributed by atoms with van der Waals surface area (Å²) in [6.07, 6.45) is 9.60. The lowest BCUT2D eigenvalue weighted by atomic mass is 10.0. The topological polar surface area (TPSA) is 143 Å². The number of likely N-dealkylation sites (tertiary alicyclic amines) is 2. The Morgan fingerprint density at radius 1 is 0.783 bits per heavy atom. The number of rotatable bonds is 6. The molecule has 4 aromatic heterocycles. The van der Waals surface area contributed by atoms with Gasteiger partial charge in [-0.05, 0) is 110 Å². The van der Waals surface area contributed by atoms with Gasteiger partial charge in [-0.2, -0.15) is 0 Å². The Kier molecular flexibility index (Phi) is 9.12. The third-order valence-corrected chi connectivity index (χ3v) is 12.7. The van der Waals surface area contributed by atoms with E-state index in [2.05, 4.69) is 25.6 Å². The van der Waals surface area contributed by atoms with Gasteiger partial charge in [0.1, 0.15) is 34.4 Å². The summed E-state index contributed by atoms with van der Waals surface area (Å²) < 4.78 is 37.0. The molecule has 2 amide bonds. The highest BCUT2D eigenvalue weighted by Gasteiger charge is 2.38. The fourth-order valence-corrected chi connectivity index (χ4v) is 9.81. The van der Waals surface area contributed by atoms with Gasteiger partial charge in [-0.1, -0.05) is 6.07 Å². The molecule has 1 aliphatic carbocycles. The number of hydrogen-bond acceptors (Lipinski definition) is 9. The zero-order valence-electron chi connectivity index (χ0n) is 34.7. The van der Waals surface area contributed by atoms with Crippen LogP contribution < -0.4 is 4.74 Å². The lowest BCUT2D eigenvalue weighted by Crippen LogP contribution is -2.36. The molecule has 10 rings (SSSR count). The van der Waals surface area contributed by atoms with E-state index in [4.69, 9.17) is 24.2 Å². The number of nitrogens with zero attached hydrogens (tertiary/aromatic N) is 6. The number of amides is 2. The van der Waals surface area contributed by atoms with Crippen molar-refractivity contribution < 1.29 is 28.2 Å². The summed E-state index contributed by atoms with van der Waals surface area (Å²) in [7, 11) is 0. The van der Waals surface area contributed by atoms with Gasteiger partial charge < -0.3 is 24.2 Å². The average molecular weight is 833 g/mol. The molecule has 1 unspecified atom stereocenters. The molecule has 0 bridgehead atoms. The number of carbonyl (C=O) groups is 2. The van der Waals surface area contributed by atoms with Crippen LogP contribution in [0.5, 0.6) is 5.75 Å². The second-order valence-corrected chi connectivity index (χ2v) is 19.5. The number of benzene rings is 2. The van der Waals surface area contributed by atoms with Crippen molar-refractivity contribution in [1.29, 1.82) is 0 Å². The smallest absolute Gasteiger partial charge is 0.410 e. The Morgan fingerprint density at radius 2 is 1.40 bits per heavy atom. The van der Waals surface area contributed by atoms with Gasteiger partial charge in [0.05, 0.1) is 62.5 Å². The number of hydrogen-bond donors (Lipinski definition) is 2. The normalized spacial score (nSPS) is 20.4. The molecule has 2 aromatic carbocycles. The number of carbonyl (C=O) groups excluding carboxylic acids is 2. The molecule has 0 radical (unpaired) electrons. The van der Waals surface area contributed by atoms with Gasteiger partial charge in [-0.3, -0.25) is 14.4 Å². The molecule has 2 N–H and O–H groups in total. The van der Waals surface area contributed by atoms with Gasteiger partial charge in [0.25, 0.3) is 0 Å². The average Bonchev–Trinajstić information content (AvgIpc) is 3.89. The largest absolute Gasteiger partial charge is 0.464 e. The molecule has 3 atom stereocenters. The van der Waals surface area contributed by atoms with E-state index in [1.165, 1.54) is 6.07 Å². The SMILES string of the molecule is CC(C)(C)OC(=O)N1CCCC1c1ncc(-c2cc(F)c3c(c2)O[C@@H](c2cnc(C4CC4)s2)n2c-3cc3cc(-c4cnc([C@@H]5CCCN5C(=O)OC(C)(C)C)[nH]4)ccc32)[nH]1. The minimum atomic E-state index is -0.614. The summed E-state index contributed by atoms with van der Waals surface area (Å²) in [5, 5.41) is 2.01. The predicted molar refractivity (Wildman–Crippen MR) is 225 cm³/mol. The minimum absolute atomic E-state index is 0.204. The Morgan fingerprint density at radius 3 is 2.00 bits per heavy atom. The van der Waals surface area contributed by atoms with Gasteiger partial charge in [0, 0.05) is 41.7 Å². The van der Waals surface area contributed by atoms with Crippen LogP contribution in [0.4, 0.5) is 14.0 Å². The Balaban J connectivity index is 0.991. The van der Waals surface area contributed by atoms with Crippen LogP contribution in [0.1, 0.15) is 126 Å².